The van der Waals surface area contributed by atoms with Crippen molar-refractivity contribution in [3.05, 3.63) is 17.7 Å². The van der Waals surface area contributed by atoms with Crippen molar-refractivity contribution in [2.75, 3.05) is 26.9 Å². The van der Waals surface area contributed by atoms with E-state index in [-0.39, 0.29) is 4.90 Å². The van der Waals surface area contributed by atoms with Gasteiger partial charge < -0.3 is 14.2 Å². The molecule has 6 nitrogen and oxygen atoms in total. The van der Waals surface area contributed by atoms with Crippen LogP contribution in [0, 0.1) is 0 Å². The Hall–Kier alpha value is -1.31. The number of benzene rings is 1. The molecule has 0 aliphatic rings. The van der Waals surface area contributed by atoms with Crippen LogP contribution in [0.4, 0.5) is 0 Å². The molecule has 0 aliphatic carbocycles. The van der Waals surface area contributed by atoms with Crippen LogP contribution < -0.4 is 9.47 Å². The second kappa shape index (κ2) is 12.1. The molecule has 0 radical (unpaired) electrons. The molecule has 26 heavy (non-hydrogen) atoms. The molecule has 7 heteroatoms. The predicted molar refractivity (Wildman–Crippen MR) is 102 cm³/mol. The van der Waals surface area contributed by atoms with E-state index in [4.69, 9.17) is 14.2 Å². The van der Waals surface area contributed by atoms with Crippen LogP contribution in [0.15, 0.2) is 17.0 Å². The minimum Gasteiger partial charge on any atom is -0.493 e. The maximum atomic E-state index is 11.8. The standard InChI is InChI=1S/C19H32O6S/c1-4-6-7-8-13-25-18-15-19(26(20,21)22)16(14-17(18)23-3)10-9-12-24-11-5-2/h14-15H,4-13H2,1-3H3,(H,20,21,22). The van der Waals surface area contributed by atoms with Crippen LogP contribution in [0.3, 0.4) is 0 Å². The summed E-state index contributed by atoms with van der Waals surface area (Å²) < 4.78 is 49.6. The fraction of sp³-hybridized carbons (Fsp3) is 0.684. The summed E-state index contributed by atoms with van der Waals surface area (Å²) in [5.74, 6) is 0.806. The van der Waals surface area contributed by atoms with Gasteiger partial charge in [0.2, 0.25) is 0 Å². The molecule has 1 rings (SSSR count). The summed E-state index contributed by atoms with van der Waals surface area (Å²) in [6.45, 7) is 5.86. The van der Waals surface area contributed by atoms with Gasteiger partial charge >= 0.3 is 0 Å². The van der Waals surface area contributed by atoms with E-state index < -0.39 is 10.1 Å². The monoisotopic (exact) mass is 388 g/mol. The van der Waals surface area contributed by atoms with Crippen molar-refractivity contribution in [1.29, 1.82) is 0 Å². The van der Waals surface area contributed by atoms with E-state index in [1.165, 1.54) is 13.2 Å². The van der Waals surface area contributed by atoms with Crippen molar-refractivity contribution in [3.63, 3.8) is 0 Å². The molecule has 150 valence electrons. The Kier molecular flexibility index (Phi) is 10.6. The first kappa shape index (κ1) is 22.7. The Morgan fingerprint density at radius 2 is 1.69 bits per heavy atom. The van der Waals surface area contributed by atoms with Crippen molar-refractivity contribution in [1.82, 2.24) is 0 Å². The lowest BCUT2D eigenvalue weighted by Crippen LogP contribution is -2.08. The molecule has 0 amide bonds. The molecule has 0 unspecified atom stereocenters. The molecule has 0 saturated carbocycles. The Morgan fingerprint density at radius 3 is 2.31 bits per heavy atom. The molecular weight excluding hydrogens is 356 g/mol. The molecule has 0 spiro atoms. The SMILES string of the molecule is CCCCCCOc1cc(S(=O)(=O)O)c(CCCOCCC)cc1OC. The second-order valence-corrected chi connectivity index (χ2v) is 7.60. The Labute approximate surface area is 157 Å². The van der Waals surface area contributed by atoms with Crippen molar-refractivity contribution >= 4 is 10.1 Å². The molecular formula is C19H32O6S. The van der Waals surface area contributed by atoms with Crippen molar-refractivity contribution < 1.29 is 27.2 Å². The van der Waals surface area contributed by atoms with E-state index in [9.17, 15) is 13.0 Å². The largest absolute Gasteiger partial charge is 0.493 e. The van der Waals surface area contributed by atoms with E-state index >= 15 is 0 Å². The fourth-order valence-corrected chi connectivity index (χ4v) is 3.36. The molecule has 0 aliphatic heterocycles. The molecule has 0 atom stereocenters. The first-order valence-corrected chi connectivity index (χ1v) is 10.8. The quantitative estimate of drug-likeness (QED) is 0.379. The highest BCUT2D eigenvalue weighted by atomic mass is 32.2. The lowest BCUT2D eigenvalue weighted by atomic mass is 10.1. The first-order valence-electron chi connectivity index (χ1n) is 9.33. The number of rotatable bonds is 14. The van der Waals surface area contributed by atoms with Gasteiger partial charge in [-0.05, 0) is 37.3 Å². The molecule has 1 N–H and O–H groups in total. The third-order valence-electron chi connectivity index (χ3n) is 3.96. The summed E-state index contributed by atoms with van der Waals surface area (Å²) in [6, 6.07) is 2.99. The average Bonchev–Trinajstić information content (AvgIpc) is 2.60. The minimum atomic E-state index is -4.34. The molecule has 0 heterocycles. The molecule has 0 bridgehead atoms. The Bertz CT molecular complexity index is 627. The van der Waals surface area contributed by atoms with Crippen molar-refractivity contribution in [3.8, 4) is 11.5 Å². The van der Waals surface area contributed by atoms with E-state index in [1.807, 2.05) is 6.92 Å². The number of methoxy groups -OCH3 is 1. The van der Waals surface area contributed by atoms with Crippen LogP contribution in [0.1, 0.15) is 57.9 Å². The lowest BCUT2D eigenvalue weighted by Gasteiger charge is -2.15. The zero-order valence-corrected chi connectivity index (χ0v) is 16.9. The highest BCUT2D eigenvalue weighted by Gasteiger charge is 2.20. The highest BCUT2D eigenvalue weighted by Crippen LogP contribution is 2.33. The minimum absolute atomic E-state index is 0.127. The number of hydrogen-bond acceptors (Lipinski definition) is 5. The van der Waals surface area contributed by atoms with Crippen molar-refractivity contribution in [2.45, 2.75) is 63.7 Å². The van der Waals surface area contributed by atoms with Gasteiger partial charge in [0, 0.05) is 19.3 Å². The average molecular weight is 389 g/mol. The highest BCUT2D eigenvalue weighted by molar-refractivity contribution is 7.85. The van der Waals surface area contributed by atoms with E-state index in [0.29, 0.717) is 49.7 Å². The van der Waals surface area contributed by atoms with E-state index in [2.05, 4.69) is 6.92 Å². The maximum Gasteiger partial charge on any atom is 0.294 e. The zero-order chi connectivity index (χ0) is 19.4. The summed E-state index contributed by atoms with van der Waals surface area (Å²) in [6.07, 6.45) is 6.26. The van der Waals surface area contributed by atoms with Gasteiger partial charge in [-0.3, -0.25) is 4.55 Å². The van der Waals surface area contributed by atoms with Crippen LogP contribution in [0.25, 0.3) is 0 Å². The Balaban J connectivity index is 2.89. The second-order valence-electron chi connectivity index (χ2n) is 6.21. The van der Waals surface area contributed by atoms with Gasteiger partial charge in [-0.2, -0.15) is 8.42 Å². The van der Waals surface area contributed by atoms with Gasteiger partial charge in [0.25, 0.3) is 10.1 Å². The number of unbranched alkanes of at least 4 members (excludes halogenated alkanes) is 3. The Morgan fingerprint density at radius 1 is 0.923 bits per heavy atom. The number of hydrogen-bond donors (Lipinski definition) is 1. The molecule has 0 aromatic heterocycles. The van der Waals surface area contributed by atoms with Crippen LogP contribution in [0.2, 0.25) is 0 Å². The molecule has 1 aromatic carbocycles. The number of ether oxygens (including phenoxy) is 3. The van der Waals surface area contributed by atoms with Crippen LogP contribution in [-0.4, -0.2) is 39.9 Å². The van der Waals surface area contributed by atoms with E-state index in [1.54, 1.807) is 6.07 Å². The third kappa shape index (κ3) is 7.93. The van der Waals surface area contributed by atoms with Crippen LogP contribution in [0.5, 0.6) is 11.5 Å². The summed E-state index contributed by atoms with van der Waals surface area (Å²) in [4.78, 5) is -0.127. The fourth-order valence-electron chi connectivity index (χ4n) is 2.61. The van der Waals surface area contributed by atoms with Gasteiger partial charge in [0.05, 0.1) is 13.7 Å². The van der Waals surface area contributed by atoms with Gasteiger partial charge in [0.15, 0.2) is 11.5 Å². The van der Waals surface area contributed by atoms with Gasteiger partial charge in [0.1, 0.15) is 4.90 Å². The smallest absolute Gasteiger partial charge is 0.294 e. The summed E-state index contributed by atoms with van der Waals surface area (Å²) >= 11 is 0. The van der Waals surface area contributed by atoms with Crippen LogP contribution >= 0.6 is 0 Å². The summed E-state index contributed by atoms with van der Waals surface area (Å²) in [5.41, 5.74) is 0.503. The van der Waals surface area contributed by atoms with Gasteiger partial charge in [-0.1, -0.05) is 33.1 Å². The normalized spacial score (nSPS) is 11.5. The lowest BCUT2D eigenvalue weighted by molar-refractivity contribution is 0.132. The third-order valence-corrected chi connectivity index (χ3v) is 4.90. The van der Waals surface area contributed by atoms with Gasteiger partial charge in [-0.15, -0.1) is 0 Å². The van der Waals surface area contributed by atoms with Crippen LogP contribution in [-0.2, 0) is 21.3 Å². The maximum absolute atomic E-state index is 11.8. The molecule has 0 fully saturated rings. The first-order chi connectivity index (χ1) is 12.4. The summed E-state index contributed by atoms with van der Waals surface area (Å²) in [7, 11) is -2.83. The van der Waals surface area contributed by atoms with E-state index in [0.717, 1.165) is 32.1 Å². The molecule has 0 saturated heterocycles. The van der Waals surface area contributed by atoms with Crippen molar-refractivity contribution in [2.24, 2.45) is 0 Å². The topological polar surface area (TPSA) is 82.1 Å². The van der Waals surface area contributed by atoms with Gasteiger partial charge in [-0.25, -0.2) is 0 Å². The number of aryl methyl sites for hydroxylation is 1. The zero-order valence-electron chi connectivity index (χ0n) is 16.1. The molecule has 1 aromatic rings. The summed E-state index contributed by atoms with van der Waals surface area (Å²) in [5, 5.41) is 0. The predicted octanol–water partition coefficient (Wildman–Crippen LogP) is 4.26.